The van der Waals surface area contributed by atoms with Gasteiger partial charge >= 0.3 is 39.5 Å². The van der Waals surface area contributed by atoms with Crippen LogP contribution < -0.4 is 0 Å². The van der Waals surface area contributed by atoms with Gasteiger partial charge in [0.1, 0.15) is 19.3 Å². The van der Waals surface area contributed by atoms with Crippen molar-refractivity contribution in [2.45, 2.75) is 458 Å². The highest BCUT2D eigenvalue weighted by Crippen LogP contribution is 2.45. The van der Waals surface area contributed by atoms with Crippen molar-refractivity contribution in [2.75, 3.05) is 39.6 Å². The Morgan fingerprint density at radius 1 is 0.265 bits per heavy atom. The van der Waals surface area contributed by atoms with Crippen molar-refractivity contribution in [2.24, 2.45) is 11.8 Å². The lowest BCUT2D eigenvalue weighted by Gasteiger charge is -2.21. The van der Waals surface area contributed by atoms with E-state index in [1.807, 2.05) is 0 Å². The number of unbranched alkanes of at least 4 members (excludes halogenated alkanes) is 52. The molecule has 19 heteroatoms. The maximum Gasteiger partial charge on any atom is 0.472 e. The molecule has 0 aliphatic heterocycles. The summed E-state index contributed by atoms with van der Waals surface area (Å²) in [6.45, 7) is 9.59. The number of aliphatic hydroxyl groups is 1. The lowest BCUT2D eigenvalue weighted by molar-refractivity contribution is -0.161. The molecule has 0 aromatic carbocycles. The number of phosphoric acid groups is 2. The molecule has 0 saturated carbocycles. The van der Waals surface area contributed by atoms with Gasteiger partial charge in [0.05, 0.1) is 26.4 Å². The maximum absolute atomic E-state index is 13.1. The minimum Gasteiger partial charge on any atom is -0.462 e. The fourth-order valence-electron chi connectivity index (χ4n) is 12.9. The first kappa shape index (κ1) is 100. The fraction of sp³-hybridized carbons (Fsp3) is 0.952. The molecule has 102 heavy (non-hydrogen) atoms. The molecule has 17 nitrogen and oxygen atoms in total. The van der Waals surface area contributed by atoms with Crippen molar-refractivity contribution in [3.05, 3.63) is 0 Å². The largest absolute Gasteiger partial charge is 0.472 e. The van der Waals surface area contributed by atoms with Gasteiger partial charge in [0.25, 0.3) is 0 Å². The van der Waals surface area contributed by atoms with Gasteiger partial charge in [-0.3, -0.25) is 37.3 Å². The lowest BCUT2D eigenvalue weighted by atomic mass is 10.0. The SMILES string of the molecule is CCCCCCCCCCCCCCCCCCCCC(=O)OC[C@H](COP(=O)(O)OC[C@@H](O)COP(=O)(O)OC[C@@H](COC(=O)CCCCCCCCC(C)C)OC(=O)CCCCCCCCCCCCCCCCC(C)C)OC(=O)CCCCCCCCCCCCCCCCCCCC. The molecule has 0 rings (SSSR count). The van der Waals surface area contributed by atoms with E-state index < -0.39 is 97.5 Å². The van der Waals surface area contributed by atoms with Gasteiger partial charge < -0.3 is 33.8 Å². The van der Waals surface area contributed by atoms with Crippen LogP contribution in [0.25, 0.3) is 0 Å². The fourth-order valence-corrected chi connectivity index (χ4v) is 14.5. The molecule has 5 atom stereocenters. The number of carbonyl (C=O) groups excluding carboxylic acids is 4. The molecule has 0 radical (unpaired) electrons. The van der Waals surface area contributed by atoms with Crippen LogP contribution in [0.3, 0.4) is 0 Å². The Kier molecular flexibility index (Phi) is 73.1. The molecule has 3 N–H and O–H groups in total. The molecule has 2 unspecified atom stereocenters. The molecule has 0 aliphatic carbocycles. The highest BCUT2D eigenvalue weighted by molar-refractivity contribution is 7.47. The average Bonchev–Trinajstić information content (AvgIpc) is 0.919. The summed E-state index contributed by atoms with van der Waals surface area (Å²) < 4.78 is 68.8. The van der Waals surface area contributed by atoms with Crippen LogP contribution in [-0.4, -0.2) is 96.7 Å². The van der Waals surface area contributed by atoms with Crippen molar-refractivity contribution in [3.8, 4) is 0 Å². The molecule has 0 amide bonds. The third-order valence-electron chi connectivity index (χ3n) is 19.5. The Balaban J connectivity index is 5.22. The monoisotopic (exact) mass is 1490 g/mol. The van der Waals surface area contributed by atoms with Gasteiger partial charge in [0.2, 0.25) is 0 Å². The quantitative estimate of drug-likeness (QED) is 0.0222. The average molecular weight is 1490 g/mol. The van der Waals surface area contributed by atoms with E-state index in [0.29, 0.717) is 31.6 Å². The number of esters is 4. The Bertz CT molecular complexity index is 1960. The van der Waals surface area contributed by atoms with Crippen LogP contribution in [0.4, 0.5) is 0 Å². The van der Waals surface area contributed by atoms with E-state index in [9.17, 15) is 43.2 Å². The summed E-state index contributed by atoms with van der Waals surface area (Å²) in [7, 11) is -9.92. The van der Waals surface area contributed by atoms with Crippen LogP contribution >= 0.6 is 15.6 Å². The zero-order valence-corrected chi connectivity index (χ0v) is 68.7. The lowest BCUT2D eigenvalue weighted by Crippen LogP contribution is -2.30. The summed E-state index contributed by atoms with van der Waals surface area (Å²) >= 11 is 0. The normalized spacial score (nSPS) is 13.9. The summed E-state index contributed by atoms with van der Waals surface area (Å²) in [5, 5.41) is 10.7. The highest BCUT2D eigenvalue weighted by Gasteiger charge is 2.30. The maximum atomic E-state index is 13.1. The standard InChI is InChI=1S/C83H162O17P2/c1-7-9-11-13-15-17-19-21-23-25-27-29-34-38-42-46-53-59-65-80(85)93-71-78(99-82(87)67-61-55-47-43-39-35-30-28-26-24-22-20-18-16-14-12-10-8-2)73-97-101(89,90)95-69-77(84)70-96-102(91,92)98-74-79(72-94-81(86)66-60-54-50-49-52-58-64-76(5)6)100-83(88)68-62-56-48-44-40-36-32-31-33-37-41-45-51-57-63-75(3)4/h75-79,84H,7-74H2,1-6H3,(H,89,90)(H,91,92)/t77-,78-,79-/m1/s1. The Morgan fingerprint density at radius 2 is 0.451 bits per heavy atom. The van der Waals surface area contributed by atoms with Crippen molar-refractivity contribution in [1.82, 2.24) is 0 Å². The number of aliphatic hydroxyl groups excluding tert-OH is 1. The topological polar surface area (TPSA) is 237 Å². The third kappa shape index (κ3) is 76.3. The second-order valence-corrected chi connectivity index (χ2v) is 33.7. The Morgan fingerprint density at radius 3 is 0.667 bits per heavy atom. The van der Waals surface area contributed by atoms with Gasteiger partial charge in [0, 0.05) is 25.7 Å². The van der Waals surface area contributed by atoms with Crippen LogP contribution in [0.15, 0.2) is 0 Å². The van der Waals surface area contributed by atoms with Crippen molar-refractivity contribution >= 4 is 39.5 Å². The molecule has 0 heterocycles. The molecule has 606 valence electrons. The number of ether oxygens (including phenoxy) is 4. The van der Waals surface area contributed by atoms with Gasteiger partial charge in [0.15, 0.2) is 12.2 Å². The van der Waals surface area contributed by atoms with Gasteiger partial charge in [-0.2, -0.15) is 0 Å². The summed E-state index contributed by atoms with van der Waals surface area (Å²) in [4.78, 5) is 73.1. The summed E-state index contributed by atoms with van der Waals surface area (Å²) in [5.41, 5.74) is 0. The molecule has 0 aromatic heterocycles. The third-order valence-corrected chi connectivity index (χ3v) is 21.4. The summed E-state index contributed by atoms with van der Waals surface area (Å²) in [5.74, 6) is -0.633. The van der Waals surface area contributed by atoms with E-state index in [1.54, 1.807) is 0 Å². The van der Waals surface area contributed by atoms with E-state index in [-0.39, 0.29) is 25.7 Å². The summed E-state index contributed by atoms with van der Waals surface area (Å²) in [6, 6.07) is 0. The zero-order chi connectivity index (χ0) is 74.9. The molecule has 0 fully saturated rings. The van der Waals surface area contributed by atoms with E-state index in [0.717, 1.165) is 102 Å². The van der Waals surface area contributed by atoms with Crippen molar-refractivity contribution < 1.29 is 80.2 Å². The van der Waals surface area contributed by atoms with E-state index in [2.05, 4.69) is 41.5 Å². The van der Waals surface area contributed by atoms with E-state index >= 15 is 0 Å². The van der Waals surface area contributed by atoms with Crippen LogP contribution in [0, 0.1) is 11.8 Å². The predicted octanol–water partition coefficient (Wildman–Crippen LogP) is 25.1. The van der Waals surface area contributed by atoms with Crippen molar-refractivity contribution in [3.63, 3.8) is 0 Å². The molecular weight excluding hydrogens is 1330 g/mol. The number of carbonyl (C=O) groups is 4. The molecule has 0 aromatic rings. The first-order valence-electron chi connectivity index (χ1n) is 43.0. The minimum atomic E-state index is -4.96. The first-order valence-corrected chi connectivity index (χ1v) is 46.0. The zero-order valence-electron chi connectivity index (χ0n) is 66.9. The van der Waals surface area contributed by atoms with Crippen LogP contribution in [0.5, 0.6) is 0 Å². The Labute approximate surface area is 626 Å². The number of hydrogen-bond donors (Lipinski definition) is 3. The second kappa shape index (κ2) is 74.5. The smallest absolute Gasteiger partial charge is 0.462 e. The van der Waals surface area contributed by atoms with Gasteiger partial charge in [-0.05, 0) is 37.5 Å². The molecule has 0 bridgehead atoms. The molecule has 0 saturated heterocycles. The van der Waals surface area contributed by atoms with Gasteiger partial charge in [-0.1, -0.05) is 388 Å². The Hall–Kier alpha value is -1.94. The predicted molar refractivity (Wildman–Crippen MR) is 418 cm³/mol. The summed E-state index contributed by atoms with van der Waals surface area (Å²) in [6.07, 6.45) is 65.4. The number of rotatable bonds is 82. The van der Waals surface area contributed by atoms with E-state index in [4.69, 9.17) is 37.0 Å². The minimum absolute atomic E-state index is 0.107. The number of hydrogen-bond acceptors (Lipinski definition) is 15. The molecule has 0 aliphatic rings. The number of phosphoric ester groups is 2. The molecule has 0 spiro atoms. The van der Waals surface area contributed by atoms with Crippen LogP contribution in [0.2, 0.25) is 0 Å². The van der Waals surface area contributed by atoms with E-state index in [1.165, 1.54) is 250 Å². The highest BCUT2D eigenvalue weighted by atomic mass is 31.2. The van der Waals surface area contributed by atoms with Crippen molar-refractivity contribution in [1.29, 1.82) is 0 Å². The van der Waals surface area contributed by atoms with Crippen LogP contribution in [-0.2, 0) is 65.4 Å². The van der Waals surface area contributed by atoms with Gasteiger partial charge in [-0.15, -0.1) is 0 Å². The first-order chi connectivity index (χ1) is 49.4. The van der Waals surface area contributed by atoms with Crippen LogP contribution in [0.1, 0.15) is 440 Å². The second-order valence-electron chi connectivity index (χ2n) is 30.8. The van der Waals surface area contributed by atoms with Gasteiger partial charge in [-0.25, -0.2) is 9.13 Å². The molecular formula is C83H162O17P2.